The molecule has 1 aromatic heterocycles. The van der Waals surface area contributed by atoms with E-state index < -0.39 is 0 Å². The highest BCUT2D eigenvalue weighted by Gasteiger charge is 2.08. The standard InChI is InChI=1S/C14H25N5O/c1-3-19(12-13-6-9-16-10-7-13)14(18-15)17-8-5-11-20-4-2/h6-7,9-10H,3-5,8,11-12,15H2,1-2H3,(H,17,18). The van der Waals surface area contributed by atoms with Gasteiger partial charge in [0.2, 0.25) is 5.96 Å². The van der Waals surface area contributed by atoms with Gasteiger partial charge in [0.25, 0.3) is 0 Å². The van der Waals surface area contributed by atoms with E-state index in [1.54, 1.807) is 12.4 Å². The Morgan fingerprint density at radius 1 is 1.40 bits per heavy atom. The summed E-state index contributed by atoms with van der Waals surface area (Å²) in [6.45, 7) is 7.83. The first-order chi connectivity index (χ1) is 9.81. The molecule has 0 bridgehead atoms. The maximum Gasteiger partial charge on any atom is 0.208 e. The number of aliphatic imine (C=N–C) groups is 1. The molecule has 0 unspecified atom stereocenters. The predicted molar refractivity (Wildman–Crippen MR) is 81.1 cm³/mol. The molecule has 0 saturated carbocycles. The number of rotatable bonds is 8. The van der Waals surface area contributed by atoms with Crippen molar-refractivity contribution in [3.63, 3.8) is 0 Å². The van der Waals surface area contributed by atoms with Crippen LogP contribution in [-0.2, 0) is 11.3 Å². The molecule has 3 N–H and O–H groups in total. The van der Waals surface area contributed by atoms with Crippen molar-refractivity contribution in [3.05, 3.63) is 30.1 Å². The molecular formula is C14H25N5O. The van der Waals surface area contributed by atoms with Gasteiger partial charge in [0.05, 0.1) is 0 Å². The number of hydrogen-bond acceptors (Lipinski definition) is 4. The highest BCUT2D eigenvalue weighted by molar-refractivity contribution is 5.79. The van der Waals surface area contributed by atoms with Crippen LogP contribution < -0.4 is 11.3 Å². The van der Waals surface area contributed by atoms with Gasteiger partial charge in [0.1, 0.15) is 0 Å². The maximum absolute atomic E-state index is 5.58. The van der Waals surface area contributed by atoms with E-state index >= 15 is 0 Å². The molecule has 1 heterocycles. The number of hydrogen-bond donors (Lipinski definition) is 2. The molecule has 0 aliphatic carbocycles. The lowest BCUT2D eigenvalue weighted by molar-refractivity contribution is 0.146. The molecule has 0 aromatic carbocycles. The van der Waals surface area contributed by atoms with Gasteiger partial charge >= 0.3 is 0 Å². The number of pyridine rings is 1. The van der Waals surface area contributed by atoms with E-state index in [2.05, 4.69) is 27.2 Å². The lowest BCUT2D eigenvalue weighted by Gasteiger charge is -2.24. The molecule has 112 valence electrons. The average Bonchev–Trinajstić information content (AvgIpc) is 2.50. The molecule has 0 saturated heterocycles. The maximum atomic E-state index is 5.58. The zero-order valence-corrected chi connectivity index (χ0v) is 12.4. The Hall–Kier alpha value is -1.66. The lowest BCUT2D eigenvalue weighted by atomic mass is 10.2. The van der Waals surface area contributed by atoms with Crippen LogP contribution in [0.5, 0.6) is 0 Å². The largest absolute Gasteiger partial charge is 0.382 e. The van der Waals surface area contributed by atoms with E-state index in [0.29, 0.717) is 12.5 Å². The van der Waals surface area contributed by atoms with Gasteiger partial charge in [-0.1, -0.05) is 0 Å². The molecular weight excluding hydrogens is 254 g/mol. The topological polar surface area (TPSA) is 75.8 Å². The summed E-state index contributed by atoms with van der Waals surface area (Å²) < 4.78 is 5.29. The molecule has 6 nitrogen and oxygen atoms in total. The van der Waals surface area contributed by atoms with Crippen LogP contribution in [-0.4, -0.2) is 42.1 Å². The Morgan fingerprint density at radius 3 is 2.75 bits per heavy atom. The van der Waals surface area contributed by atoms with Gasteiger partial charge in [-0.15, -0.1) is 0 Å². The van der Waals surface area contributed by atoms with Gasteiger partial charge < -0.3 is 9.64 Å². The third-order valence-electron chi connectivity index (χ3n) is 2.85. The summed E-state index contributed by atoms with van der Waals surface area (Å²) in [5.74, 6) is 6.29. The van der Waals surface area contributed by atoms with Gasteiger partial charge in [-0.05, 0) is 38.0 Å². The Labute approximate surface area is 121 Å². The molecule has 1 rings (SSSR count). The predicted octanol–water partition coefficient (Wildman–Crippen LogP) is 1.15. The first-order valence-corrected chi connectivity index (χ1v) is 7.04. The van der Waals surface area contributed by atoms with Crippen LogP contribution >= 0.6 is 0 Å². The lowest BCUT2D eigenvalue weighted by Crippen LogP contribution is -2.44. The van der Waals surface area contributed by atoms with Crippen molar-refractivity contribution < 1.29 is 4.74 Å². The quantitative estimate of drug-likeness (QED) is 0.245. The van der Waals surface area contributed by atoms with E-state index in [4.69, 9.17) is 10.6 Å². The van der Waals surface area contributed by atoms with Gasteiger partial charge in [-0.25, -0.2) is 5.84 Å². The Morgan fingerprint density at radius 2 is 2.15 bits per heavy atom. The summed E-state index contributed by atoms with van der Waals surface area (Å²) in [4.78, 5) is 10.6. The summed E-state index contributed by atoms with van der Waals surface area (Å²) >= 11 is 0. The highest BCUT2D eigenvalue weighted by atomic mass is 16.5. The minimum atomic E-state index is 0.701. The Kier molecular flexibility index (Phi) is 8.33. The van der Waals surface area contributed by atoms with Crippen LogP contribution in [0.2, 0.25) is 0 Å². The monoisotopic (exact) mass is 279 g/mol. The van der Waals surface area contributed by atoms with Crippen LogP contribution in [0.3, 0.4) is 0 Å². The van der Waals surface area contributed by atoms with Crippen molar-refractivity contribution in [2.24, 2.45) is 10.8 Å². The third-order valence-corrected chi connectivity index (χ3v) is 2.85. The van der Waals surface area contributed by atoms with Crippen molar-refractivity contribution in [3.8, 4) is 0 Å². The first kappa shape index (κ1) is 16.4. The van der Waals surface area contributed by atoms with E-state index in [1.165, 1.54) is 5.56 Å². The van der Waals surface area contributed by atoms with Crippen molar-refractivity contribution in [2.75, 3.05) is 26.3 Å². The van der Waals surface area contributed by atoms with Crippen LogP contribution in [0.1, 0.15) is 25.8 Å². The normalized spacial score (nSPS) is 11.4. The molecule has 6 heteroatoms. The number of hydrazine groups is 1. The average molecular weight is 279 g/mol. The minimum Gasteiger partial charge on any atom is -0.382 e. The number of nitrogens with two attached hydrogens (primary N) is 1. The number of aromatic nitrogens is 1. The number of nitrogens with zero attached hydrogens (tertiary/aromatic N) is 3. The molecule has 0 radical (unpaired) electrons. The second-order valence-electron chi connectivity index (χ2n) is 4.27. The van der Waals surface area contributed by atoms with Crippen LogP contribution in [0, 0.1) is 0 Å². The third kappa shape index (κ3) is 5.99. The molecule has 0 spiro atoms. The summed E-state index contributed by atoms with van der Waals surface area (Å²) in [5, 5.41) is 0. The van der Waals surface area contributed by atoms with E-state index in [-0.39, 0.29) is 0 Å². The molecule has 0 fully saturated rings. The van der Waals surface area contributed by atoms with Gasteiger partial charge in [-0.3, -0.25) is 15.4 Å². The number of ether oxygens (including phenoxy) is 1. The minimum absolute atomic E-state index is 0.701. The van der Waals surface area contributed by atoms with Crippen molar-refractivity contribution in [1.29, 1.82) is 0 Å². The van der Waals surface area contributed by atoms with Crippen LogP contribution in [0.15, 0.2) is 29.5 Å². The second kappa shape index (κ2) is 10.2. The summed E-state index contributed by atoms with van der Waals surface area (Å²) in [7, 11) is 0. The molecule has 0 aliphatic heterocycles. The van der Waals surface area contributed by atoms with E-state index in [9.17, 15) is 0 Å². The van der Waals surface area contributed by atoms with E-state index in [1.807, 2.05) is 19.1 Å². The molecule has 1 aromatic rings. The fourth-order valence-corrected chi connectivity index (χ4v) is 1.78. The highest BCUT2D eigenvalue weighted by Crippen LogP contribution is 2.03. The van der Waals surface area contributed by atoms with Crippen LogP contribution in [0.25, 0.3) is 0 Å². The summed E-state index contributed by atoms with van der Waals surface area (Å²) in [6.07, 6.45) is 4.47. The molecule has 0 aliphatic rings. The fourth-order valence-electron chi connectivity index (χ4n) is 1.78. The van der Waals surface area contributed by atoms with Gasteiger partial charge in [-0.2, -0.15) is 0 Å². The Bertz CT molecular complexity index is 382. The SMILES string of the molecule is CCOCCCN=C(NN)N(CC)Cc1ccncc1. The van der Waals surface area contributed by atoms with Crippen molar-refractivity contribution >= 4 is 5.96 Å². The summed E-state index contributed by atoms with van der Waals surface area (Å²) in [5.41, 5.74) is 3.86. The summed E-state index contributed by atoms with van der Waals surface area (Å²) in [6, 6.07) is 3.98. The van der Waals surface area contributed by atoms with Gasteiger partial charge in [0, 0.05) is 45.2 Å². The van der Waals surface area contributed by atoms with Crippen molar-refractivity contribution in [1.82, 2.24) is 15.3 Å². The fraction of sp³-hybridized carbons (Fsp3) is 0.571. The Balaban J connectivity index is 2.53. The van der Waals surface area contributed by atoms with Crippen LogP contribution in [0.4, 0.5) is 0 Å². The zero-order chi connectivity index (χ0) is 14.6. The number of nitrogens with one attached hydrogen (secondary N) is 1. The van der Waals surface area contributed by atoms with E-state index in [0.717, 1.165) is 32.7 Å². The molecule has 0 atom stereocenters. The zero-order valence-electron chi connectivity index (χ0n) is 12.4. The van der Waals surface area contributed by atoms with Gasteiger partial charge in [0.15, 0.2) is 0 Å². The smallest absolute Gasteiger partial charge is 0.208 e. The second-order valence-corrected chi connectivity index (χ2v) is 4.27. The number of guanidine groups is 1. The molecule has 20 heavy (non-hydrogen) atoms. The van der Waals surface area contributed by atoms with Crippen molar-refractivity contribution in [2.45, 2.75) is 26.8 Å². The molecule has 0 amide bonds. The first-order valence-electron chi connectivity index (χ1n) is 7.04.